The number of benzene rings is 2. The Balaban J connectivity index is 1.23. The number of ether oxygens (including phenoxy) is 3. The average molecular weight is 727 g/mol. The summed E-state index contributed by atoms with van der Waals surface area (Å²) in [5.74, 6) is 0.0932. The molecule has 0 saturated carbocycles. The number of amides is 3. The molecule has 2 N–H and O–H groups in total. The van der Waals surface area contributed by atoms with Gasteiger partial charge in [-0.2, -0.15) is 0 Å². The number of carbonyl (C=O) groups is 3. The number of nitrogens with zero attached hydrogens (tertiary/aromatic N) is 3. The molecule has 0 spiro atoms. The zero-order chi connectivity index (χ0) is 35.6. The molecule has 0 bridgehead atoms. The minimum Gasteiger partial charge on any atom is -0.493 e. The highest BCUT2D eigenvalue weighted by molar-refractivity contribution is 7.13. The Morgan fingerprint density at radius 1 is 1.08 bits per heavy atom. The Bertz CT molecular complexity index is 1620. The molecule has 0 aliphatic carbocycles. The second-order valence-electron chi connectivity index (χ2n) is 13.0. The fourth-order valence-corrected chi connectivity index (χ4v) is 7.34. The maximum atomic E-state index is 14.1. The monoisotopic (exact) mass is 726 g/mol. The molecule has 3 atom stereocenters. The lowest BCUT2D eigenvalue weighted by Gasteiger charge is -2.35. The molecule has 3 heterocycles. The Kier molecular flexibility index (Phi) is 13.6. The van der Waals surface area contributed by atoms with Gasteiger partial charge in [-0.25, -0.2) is 4.98 Å². The number of β-amino-alcohol motifs (C(OH)–C–C–N with tert-alkyl or cyclic N) is 1. The summed E-state index contributed by atoms with van der Waals surface area (Å²) in [5, 5.41) is 13.6. The summed E-state index contributed by atoms with van der Waals surface area (Å²) >= 11 is 7.22. The summed E-state index contributed by atoms with van der Waals surface area (Å²) in [7, 11) is 0. The van der Waals surface area contributed by atoms with Crippen molar-refractivity contribution in [2.75, 3.05) is 45.5 Å². The molecule has 5 rings (SSSR count). The van der Waals surface area contributed by atoms with E-state index in [-0.39, 0.29) is 43.1 Å². The molecule has 1 fully saturated rings. The molecule has 2 aromatic carbocycles. The van der Waals surface area contributed by atoms with Gasteiger partial charge in [-0.1, -0.05) is 44.2 Å². The van der Waals surface area contributed by atoms with E-state index in [1.165, 1.54) is 4.90 Å². The number of aliphatic hydroxyl groups is 1. The highest BCUT2D eigenvalue weighted by Gasteiger charge is 2.45. The van der Waals surface area contributed by atoms with Gasteiger partial charge >= 0.3 is 0 Å². The Labute approximate surface area is 302 Å². The fraction of sp³-hybridized carbons (Fsp3) is 0.514. The Morgan fingerprint density at radius 2 is 1.84 bits per heavy atom. The quantitative estimate of drug-likeness (QED) is 0.141. The van der Waals surface area contributed by atoms with Gasteiger partial charge < -0.3 is 34.4 Å². The number of fused-ring (bicyclic) bond motifs is 1. The highest BCUT2D eigenvalue weighted by atomic mass is 35.5. The summed E-state index contributed by atoms with van der Waals surface area (Å²) in [6.07, 6.45) is 0.734. The number of carbonyl (C=O) groups excluding carboxylic acids is 3. The zero-order valence-corrected chi connectivity index (χ0v) is 30.5. The van der Waals surface area contributed by atoms with Crippen LogP contribution in [0.4, 0.5) is 0 Å². The first-order chi connectivity index (χ1) is 24.2. The number of aromatic nitrogens is 1. The smallest absolute Gasteiger partial charge is 0.255 e. The molecule has 2 aliphatic rings. The number of aryl methyl sites for hydroxylation is 1. The van der Waals surface area contributed by atoms with E-state index in [4.69, 9.17) is 25.8 Å². The molecule has 2 unspecified atom stereocenters. The topological polar surface area (TPSA) is 131 Å². The van der Waals surface area contributed by atoms with E-state index in [1.54, 1.807) is 27.8 Å². The number of alkyl halides is 1. The molecular formula is C37H47ClN4O7S. The first-order valence-electron chi connectivity index (χ1n) is 17.2. The van der Waals surface area contributed by atoms with Crippen LogP contribution >= 0.6 is 22.9 Å². The van der Waals surface area contributed by atoms with Crippen molar-refractivity contribution in [1.82, 2.24) is 20.1 Å². The predicted molar refractivity (Wildman–Crippen MR) is 192 cm³/mol. The van der Waals surface area contributed by atoms with Gasteiger partial charge in [0.15, 0.2) is 0 Å². The van der Waals surface area contributed by atoms with Crippen molar-refractivity contribution in [3.8, 4) is 16.2 Å². The Hall–Kier alpha value is -3.55. The summed E-state index contributed by atoms with van der Waals surface area (Å²) in [6, 6.07) is 11.6. The molecule has 3 amide bonds. The molecule has 13 heteroatoms. The van der Waals surface area contributed by atoms with Crippen molar-refractivity contribution in [1.29, 1.82) is 0 Å². The first kappa shape index (κ1) is 37.7. The third kappa shape index (κ3) is 9.21. The second-order valence-corrected chi connectivity index (χ2v) is 14.2. The van der Waals surface area contributed by atoms with Crippen molar-refractivity contribution >= 4 is 40.7 Å². The maximum Gasteiger partial charge on any atom is 0.255 e. The lowest BCUT2D eigenvalue weighted by molar-refractivity contribution is -0.143. The van der Waals surface area contributed by atoms with Gasteiger partial charge in [-0.05, 0) is 42.5 Å². The number of likely N-dealkylation sites (tertiary alicyclic amines) is 1. The third-order valence-corrected chi connectivity index (χ3v) is 10.2. The van der Waals surface area contributed by atoms with Gasteiger partial charge in [0, 0.05) is 62.7 Å². The van der Waals surface area contributed by atoms with Crippen LogP contribution in [-0.2, 0) is 32.2 Å². The Morgan fingerprint density at radius 3 is 2.54 bits per heavy atom. The van der Waals surface area contributed by atoms with Crippen LogP contribution in [0, 0.1) is 12.8 Å². The number of nitrogens with one attached hydrogen (secondary N) is 1. The SMILES string of the molecule is Cc1ncsc1-c1ccc(CNC(=O)C2C[C@@H](O)CN2C(=O)C(C(C)C)N2Cc3ccccc3C2=O)c(OCCCOCCOCCCCl)c1. The second kappa shape index (κ2) is 18.1. The van der Waals surface area contributed by atoms with Crippen molar-refractivity contribution in [3.63, 3.8) is 0 Å². The predicted octanol–water partition coefficient (Wildman–Crippen LogP) is 4.81. The molecule has 270 valence electrons. The standard InChI is InChI=1S/C37H47ClN4O7S/c1-24(2)33(42-21-28-8-4-5-9-30(28)36(42)45)37(46)41-22-29(43)19-31(41)35(44)39-20-27-11-10-26(34-25(3)40-23-50-34)18-32(27)49-15-7-14-48-17-16-47-13-6-12-38/h4-5,8-11,18,23-24,29,31,33,43H,6-7,12-17,19-22H2,1-3H3,(H,39,44)/t29-,31?,33?/m1/s1. The van der Waals surface area contributed by atoms with Crippen LogP contribution in [0.1, 0.15) is 60.3 Å². The molecule has 11 nitrogen and oxygen atoms in total. The fourth-order valence-electron chi connectivity index (χ4n) is 6.43. The summed E-state index contributed by atoms with van der Waals surface area (Å²) < 4.78 is 17.4. The van der Waals surface area contributed by atoms with Crippen LogP contribution in [0.15, 0.2) is 48.0 Å². The van der Waals surface area contributed by atoms with Gasteiger partial charge in [0.05, 0.1) is 42.0 Å². The van der Waals surface area contributed by atoms with Crippen LogP contribution in [0.2, 0.25) is 0 Å². The van der Waals surface area contributed by atoms with E-state index < -0.39 is 18.2 Å². The summed E-state index contributed by atoms with van der Waals surface area (Å²) in [5.41, 5.74) is 5.93. The van der Waals surface area contributed by atoms with E-state index in [2.05, 4.69) is 10.3 Å². The average Bonchev–Trinajstić information content (AvgIpc) is 3.81. The van der Waals surface area contributed by atoms with Crippen LogP contribution in [0.25, 0.3) is 10.4 Å². The van der Waals surface area contributed by atoms with Gasteiger partial charge in [-0.3, -0.25) is 14.4 Å². The zero-order valence-electron chi connectivity index (χ0n) is 28.9. The van der Waals surface area contributed by atoms with E-state index in [0.717, 1.165) is 33.7 Å². The van der Waals surface area contributed by atoms with Gasteiger partial charge in [0.1, 0.15) is 17.8 Å². The number of halogens is 1. The molecule has 0 radical (unpaired) electrons. The number of aliphatic hydroxyl groups excluding tert-OH is 1. The van der Waals surface area contributed by atoms with E-state index >= 15 is 0 Å². The number of hydrogen-bond donors (Lipinski definition) is 2. The van der Waals surface area contributed by atoms with Crippen molar-refractivity contribution < 1.29 is 33.7 Å². The molecule has 3 aromatic rings. The largest absolute Gasteiger partial charge is 0.493 e. The van der Waals surface area contributed by atoms with Crippen molar-refractivity contribution in [2.45, 2.75) is 71.3 Å². The van der Waals surface area contributed by atoms with E-state index in [1.807, 2.05) is 57.2 Å². The normalized spacial score (nSPS) is 17.8. The molecular weight excluding hydrogens is 680 g/mol. The minimum atomic E-state index is -0.877. The van der Waals surface area contributed by atoms with Gasteiger partial charge in [0.25, 0.3) is 5.91 Å². The minimum absolute atomic E-state index is 0.0218. The first-order valence-corrected chi connectivity index (χ1v) is 18.6. The van der Waals surface area contributed by atoms with E-state index in [9.17, 15) is 19.5 Å². The lowest BCUT2D eigenvalue weighted by atomic mass is 10.0. The highest BCUT2D eigenvalue weighted by Crippen LogP contribution is 2.33. The number of hydrogen-bond acceptors (Lipinski definition) is 9. The molecule has 1 saturated heterocycles. The van der Waals surface area contributed by atoms with Crippen LogP contribution in [0.5, 0.6) is 5.75 Å². The number of rotatable bonds is 18. The summed E-state index contributed by atoms with van der Waals surface area (Å²) in [6.45, 7) is 8.81. The van der Waals surface area contributed by atoms with Gasteiger partial charge in [0.2, 0.25) is 11.8 Å². The van der Waals surface area contributed by atoms with Crippen LogP contribution < -0.4 is 10.1 Å². The number of thiazole rings is 1. The van der Waals surface area contributed by atoms with Crippen LogP contribution in [0.3, 0.4) is 0 Å². The maximum absolute atomic E-state index is 14.1. The van der Waals surface area contributed by atoms with Crippen molar-refractivity contribution in [3.05, 3.63) is 70.4 Å². The molecule has 50 heavy (non-hydrogen) atoms. The molecule has 2 aliphatic heterocycles. The summed E-state index contributed by atoms with van der Waals surface area (Å²) in [4.78, 5) is 49.6. The van der Waals surface area contributed by atoms with E-state index in [0.29, 0.717) is 63.2 Å². The van der Waals surface area contributed by atoms with Crippen molar-refractivity contribution in [2.24, 2.45) is 5.92 Å². The van der Waals surface area contributed by atoms with Crippen LogP contribution in [-0.4, -0.2) is 101 Å². The molecule has 1 aromatic heterocycles. The third-order valence-electron chi connectivity index (χ3n) is 8.95. The van der Waals surface area contributed by atoms with Gasteiger partial charge in [-0.15, -0.1) is 22.9 Å². The lowest BCUT2D eigenvalue weighted by Crippen LogP contribution is -2.55.